The lowest BCUT2D eigenvalue weighted by Gasteiger charge is -2.29. The van der Waals surface area contributed by atoms with E-state index in [0.29, 0.717) is 30.6 Å². The van der Waals surface area contributed by atoms with Crippen molar-refractivity contribution in [3.8, 4) is 0 Å². The van der Waals surface area contributed by atoms with Crippen LogP contribution < -0.4 is 4.72 Å². The number of rotatable bonds is 5. The second kappa shape index (κ2) is 7.86. The van der Waals surface area contributed by atoms with Crippen molar-refractivity contribution in [1.29, 1.82) is 0 Å². The van der Waals surface area contributed by atoms with E-state index in [1.807, 2.05) is 19.9 Å². The first-order chi connectivity index (χ1) is 11.9. The van der Waals surface area contributed by atoms with E-state index in [1.54, 1.807) is 13.8 Å². The zero-order chi connectivity index (χ0) is 19.7. The molecule has 1 fully saturated rings. The number of hydrogen-bond acceptors (Lipinski definition) is 3. The molecule has 0 aromatic heterocycles. The van der Waals surface area contributed by atoms with E-state index in [9.17, 15) is 21.6 Å². The average molecular weight is 393 g/mol. The summed E-state index contributed by atoms with van der Waals surface area (Å²) in [6.45, 7) is 6.08. The predicted molar refractivity (Wildman–Crippen MR) is 93.8 cm³/mol. The number of sulfonamides is 1. The van der Waals surface area contributed by atoms with Crippen LogP contribution in [0.4, 0.5) is 13.2 Å². The number of ether oxygens (including phenoxy) is 1. The highest BCUT2D eigenvalue weighted by Gasteiger charge is 2.32. The zero-order valence-electron chi connectivity index (χ0n) is 15.5. The number of aryl methyl sites for hydroxylation is 2. The summed E-state index contributed by atoms with van der Waals surface area (Å²) >= 11 is 0. The Bertz CT molecular complexity index is 726. The summed E-state index contributed by atoms with van der Waals surface area (Å²) < 4.78 is 70.1. The van der Waals surface area contributed by atoms with Gasteiger partial charge < -0.3 is 4.74 Å². The first-order valence-electron chi connectivity index (χ1n) is 8.69. The summed E-state index contributed by atoms with van der Waals surface area (Å²) in [6, 6.07) is 1.68. The zero-order valence-corrected chi connectivity index (χ0v) is 16.4. The fourth-order valence-electron chi connectivity index (χ4n) is 3.42. The molecule has 0 aliphatic heterocycles. The molecular formula is C18H26F3NO3S. The van der Waals surface area contributed by atoms with E-state index >= 15 is 0 Å². The predicted octanol–water partition coefficient (Wildman–Crippen LogP) is 4.09. The topological polar surface area (TPSA) is 55.4 Å². The molecule has 1 N–H and O–H groups in total. The third-order valence-corrected chi connectivity index (χ3v) is 6.84. The van der Waals surface area contributed by atoms with Crippen LogP contribution in [0.2, 0.25) is 0 Å². The van der Waals surface area contributed by atoms with Gasteiger partial charge in [-0.15, -0.1) is 0 Å². The molecule has 2 rings (SSSR count). The lowest BCUT2D eigenvalue weighted by molar-refractivity contribution is -0.188. The molecule has 4 nitrogen and oxygen atoms in total. The molecule has 0 heterocycles. The molecule has 0 bridgehead atoms. The minimum absolute atomic E-state index is 0.287. The summed E-state index contributed by atoms with van der Waals surface area (Å²) in [7, 11) is -3.69. The molecule has 0 amide bonds. The molecule has 148 valence electrons. The number of hydrogen-bond donors (Lipinski definition) is 1. The van der Waals surface area contributed by atoms with Crippen LogP contribution in [0, 0.1) is 27.7 Å². The molecule has 26 heavy (non-hydrogen) atoms. The standard InChI is InChI=1S/C18H26F3NO3S/c1-11-9-12(2)14(4)17(13(11)3)26(23,24)22-15-5-7-16(8-6-15)25-10-18(19,20)21/h9,15-16,22H,5-8,10H2,1-4H3. The highest BCUT2D eigenvalue weighted by Crippen LogP contribution is 2.29. The van der Waals surface area contributed by atoms with Gasteiger partial charge in [0.05, 0.1) is 11.0 Å². The van der Waals surface area contributed by atoms with E-state index in [1.165, 1.54) is 0 Å². The van der Waals surface area contributed by atoms with E-state index < -0.39 is 28.9 Å². The highest BCUT2D eigenvalue weighted by atomic mass is 32.2. The van der Waals surface area contributed by atoms with Gasteiger partial charge in [-0.1, -0.05) is 6.07 Å². The van der Waals surface area contributed by atoms with Crippen molar-refractivity contribution in [2.45, 2.75) is 76.6 Å². The molecule has 0 saturated heterocycles. The maximum Gasteiger partial charge on any atom is 0.411 e. The van der Waals surface area contributed by atoms with Crippen LogP contribution >= 0.6 is 0 Å². The van der Waals surface area contributed by atoms with Crippen LogP contribution in [-0.4, -0.2) is 33.3 Å². The highest BCUT2D eigenvalue weighted by molar-refractivity contribution is 7.89. The van der Waals surface area contributed by atoms with Crippen molar-refractivity contribution >= 4 is 10.0 Å². The van der Waals surface area contributed by atoms with Crippen LogP contribution in [0.1, 0.15) is 47.9 Å². The van der Waals surface area contributed by atoms with Gasteiger partial charge in [0, 0.05) is 6.04 Å². The Labute approximate surface area is 153 Å². The van der Waals surface area contributed by atoms with Gasteiger partial charge in [-0.05, 0) is 75.6 Å². The molecule has 1 saturated carbocycles. The van der Waals surface area contributed by atoms with Crippen molar-refractivity contribution in [3.63, 3.8) is 0 Å². The molecule has 8 heteroatoms. The van der Waals surface area contributed by atoms with E-state index in [0.717, 1.165) is 22.3 Å². The van der Waals surface area contributed by atoms with Crippen molar-refractivity contribution in [2.24, 2.45) is 0 Å². The van der Waals surface area contributed by atoms with Crippen molar-refractivity contribution in [2.75, 3.05) is 6.61 Å². The second-order valence-corrected chi connectivity index (χ2v) is 8.76. The molecule has 0 radical (unpaired) electrons. The Morgan fingerprint density at radius 3 is 2.00 bits per heavy atom. The summed E-state index contributed by atoms with van der Waals surface area (Å²) in [5.41, 5.74) is 3.28. The maximum absolute atomic E-state index is 12.9. The molecule has 1 aliphatic carbocycles. The largest absolute Gasteiger partial charge is 0.411 e. The van der Waals surface area contributed by atoms with E-state index in [-0.39, 0.29) is 6.04 Å². The van der Waals surface area contributed by atoms with Gasteiger partial charge >= 0.3 is 6.18 Å². The fraction of sp³-hybridized carbons (Fsp3) is 0.667. The Hall–Kier alpha value is -1.12. The molecule has 0 unspecified atom stereocenters. The van der Waals surface area contributed by atoms with Gasteiger partial charge in [-0.2, -0.15) is 13.2 Å². The number of alkyl halides is 3. The van der Waals surface area contributed by atoms with Crippen LogP contribution in [0.15, 0.2) is 11.0 Å². The van der Waals surface area contributed by atoms with Crippen molar-refractivity contribution < 1.29 is 26.3 Å². The lowest BCUT2D eigenvalue weighted by atomic mass is 9.94. The average Bonchev–Trinajstić information content (AvgIpc) is 2.51. The van der Waals surface area contributed by atoms with Gasteiger partial charge in [-0.3, -0.25) is 0 Å². The Morgan fingerprint density at radius 2 is 1.54 bits per heavy atom. The smallest absolute Gasteiger partial charge is 0.369 e. The SMILES string of the molecule is Cc1cc(C)c(C)c(S(=O)(=O)NC2CCC(OCC(F)(F)F)CC2)c1C. The quantitative estimate of drug-likeness (QED) is 0.820. The number of halogens is 3. The summed E-state index contributed by atoms with van der Waals surface area (Å²) in [4.78, 5) is 0.311. The van der Waals surface area contributed by atoms with Crippen LogP contribution in [-0.2, 0) is 14.8 Å². The third-order valence-electron chi connectivity index (χ3n) is 5.04. The molecule has 1 aromatic rings. The van der Waals surface area contributed by atoms with E-state index in [2.05, 4.69) is 4.72 Å². The first-order valence-corrected chi connectivity index (χ1v) is 10.2. The second-order valence-electron chi connectivity index (χ2n) is 7.11. The minimum atomic E-state index is -4.34. The number of nitrogens with one attached hydrogen (secondary N) is 1. The normalized spacial score (nSPS) is 21.8. The molecule has 0 atom stereocenters. The van der Waals surface area contributed by atoms with Crippen LogP contribution in [0.5, 0.6) is 0 Å². The van der Waals surface area contributed by atoms with E-state index in [4.69, 9.17) is 4.74 Å². The summed E-state index contributed by atoms with van der Waals surface area (Å²) in [5, 5.41) is 0. The van der Waals surface area contributed by atoms with Gasteiger partial charge in [-0.25, -0.2) is 13.1 Å². The Kier molecular flexibility index (Phi) is 6.40. The van der Waals surface area contributed by atoms with Gasteiger partial charge in [0.15, 0.2) is 0 Å². The Balaban J connectivity index is 2.04. The van der Waals surface area contributed by atoms with Gasteiger partial charge in [0.2, 0.25) is 10.0 Å². The summed E-state index contributed by atoms with van der Waals surface area (Å²) in [6.07, 6.45) is -3.06. The van der Waals surface area contributed by atoms with Gasteiger partial charge in [0.25, 0.3) is 0 Å². The Morgan fingerprint density at radius 1 is 1.04 bits per heavy atom. The maximum atomic E-state index is 12.9. The van der Waals surface area contributed by atoms with Crippen molar-refractivity contribution in [3.05, 3.63) is 28.3 Å². The van der Waals surface area contributed by atoms with Crippen molar-refractivity contribution in [1.82, 2.24) is 4.72 Å². The molecule has 0 spiro atoms. The lowest BCUT2D eigenvalue weighted by Crippen LogP contribution is -2.40. The monoisotopic (exact) mass is 393 g/mol. The van der Waals surface area contributed by atoms with Crippen LogP contribution in [0.3, 0.4) is 0 Å². The number of benzene rings is 1. The fourth-order valence-corrected chi connectivity index (χ4v) is 5.34. The van der Waals surface area contributed by atoms with Gasteiger partial charge in [0.1, 0.15) is 6.61 Å². The van der Waals surface area contributed by atoms with Crippen LogP contribution in [0.25, 0.3) is 0 Å². The first kappa shape index (κ1) is 21.2. The molecular weight excluding hydrogens is 367 g/mol. The third kappa shape index (κ3) is 5.20. The molecule has 1 aliphatic rings. The summed E-state index contributed by atoms with van der Waals surface area (Å²) in [5.74, 6) is 0. The molecule has 1 aromatic carbocycles. The minimum Gasteiger partial charge on any atom is -0.369 e.